The maximum Gasteiger partial charge on any atom is 0.319 e. The molecule has 0 aromatic carbocycles. The van der Waals surface area contributed by atoms with Crippen molar-refractivity contribution in [3.63, 3.8) is 0 Å². The van der Waals surface area contributed by atoms with Gasteiger partial charge in [-0.25, -0.2) is 4.79 Å². The van der Waals surface area contributed by atoms with Crippen molar-refractivity contribution >= 4 is 17.7 Å². The number of aliphatic carboxylic acids is 1. The minimum Gasteiger partial charge on any atom is -0.481 e. The monoisotopic (exact) mass is 251 g/mol. The highest BCUT2D eigenvalue weighted by Gasteiger charge is 2.23. The molecule has 3 N–H and O–H groups in total. The average Bonchev–Trinajstić information content (AvgIpc) is 2.18. The normalized spacial score (nSPS) is 10.8. The standard InChI is InChI=1S/C12H17N3O3/c1-8-4-5-9(7-13-8)14-11(18)15-12(2,3)6-10(16)17/h4-5,7H,6H2,1-3H3,(H,16,17)(H2,14,15,18). The van der Waals surface area contributed by atoms with E-state index in [2.05, 4.69) is 15.6 Å². The number of pyridine rings is 1. The Morgan fingerprint density at radius 2 is 2.06 bits per heavy atom. The third-order valence-corrected chi connectivity index (χ3v) is 2.21. The number of anilines is 1. The summed E-state index contributed by atoms with van der Waals surface area (Å²) >= 11 is 0. The fourth-order valence-corrected chi connectivity index (χ4v) is 1.43. The highest BCUT2D eigenvalue weighted by atomic mass is 16.4. The number of hydrogen-bond acceptors (Lipinski definition) is 3. The molecule has 0 unspecified atom stereocenters. The van der Waals surface area contributed by atoms with E-state index >= 15 is 0 Å². The van der Waals surface area contributed by atoms with Crippen LogP contribution in [-0.4, -0.2) is 27.6 Å². The number of carboxylic acid groups (broad SMARTS) is 1. The Bertz CT molecular complexity index is 440. The van der Waals surface area contributed by atoms with Crippen molar-refractivity contribution in [1.29, 1.82) is 0 Å². The lowest BCUT2D eigenvalue weighted by atomic mass is 10.0. The topological polar surface area (TPSA) is 91.3 Å². The number of carbonyl (C=O) groups excluding carboxylic acids is 1. The second kappa shape index (κ2) is 5.48. The van der Waals surface area contributed by atoms with Gasteiger partial charge < -0.3 is 15.7 Å². The molecule has 0 atom stereocenters. The van der Waals surface area contributed by atoms with Crippen LogP contribution in [0.4, 0.5) is 10.5 Å². The van der Waals surface area contributed by atoms with Crippen LogP contribution in [-0.2, 0) is 4.79 Å². The van der Waals surface area contributed by atoms with E-state index in [1.54, 1.807) is 32.2 Å². The van der Waals surface area contributed by atoms with Gasteiger partial charge in [0, 0.05) is 11.2 Å². The summed E-state index contributed by atoms with van der Waals surface area (Å²) in [6, 6.07) is 3.05. The number of amides is 2. The molecule has 1 heterocycles. The Balaban J connectivity index is 2.56. The summed E-state index contributed by atoms with van der Waals surface area (Å²) in [5.41, 5.74) is 0.602. The van der Waals surface area contributed by atoms with Gasteiger partial charge in [0.15, 0.2) is 0 Å². The Kier molecular flexibility index (Phi) is 4.25. The second-order valence-electron chi connectivity index (χ2n) is 4.72. The van der Waals surface area contributed by atoms with E-state index in [9.17, 15) is 9.59 Å². The molecular weight excluding hydrogens is 234 g/mol. The van der Waals surface area contributed by atoms with Crippen molar-refractivity contribution in [2.75, 3.05) is 5.32 Å². The van der Waals surface area contributed by atoms with Gasteiger partial charge in [-0.15, -0.1) is 0 Å². The van der Waals surface area contributed by atoms with E-state index < -0.39 is 17.5 Å². The highest BCUT2D eigenvalue weighted by molar-refractivity contribution is 5.89. The number of carbonyl (C=O) groups is 2. The molecule has 6 nitrogen and oxygen atoms in total. The maximum absolute atomic E-state index is 11.7. The Morgan fingerprint density at radius 3 is 2.56 bits per heavy atom. The number of aromatic nitrogens is 1. The van der Waals surface area contributed by atoms with Crippen molar-refractivity contribution in [2.24, 2.45) is 0 Å². The van der Waals surface area contributed by atoms with E-state index in [4.69, 9.17) is 5.11 Å². The zero-order chi connectivity index (χ0) is 13.8. The highest BCUT2D eigenvalue weighted by Crippen LogP contribution is 2.10. The number of nitrogens with zero attached hydrogens (tertiary/aromatic N) is 1. The zero-order valence-electron chi connectivity index (χ0n) is 10.7. The van der Waals surface area contributed by atoms with Crippen LogP contribution in [0.2, 0.25) is 0 Å². The summed E-state index contributed by atoms with van der Waals surface area (Å²) < 4.78 is 0. The number of rotatable bonds is 4. The van der Waals surface area contributed by atoms with Crippen molar-refractivity contribution in [2.45, 2.75) is 32.7 Å². The summed E-state index contributed by atoms with van der Waals surface area (Å²) in [5.74, 6) is -0.961. The predicted octanol–water partition coefficient (Wildman–Crippen LogP) is 1.76. The average molecular weight is 251 g/mol. The first-order chi connectivity index (χ1) is 8.28. The van der Waals surface area contributed by atoms with Crippen LogP contribution < -0.4 is 10.6 Å². The van der Waals surface area contributed by atoms with Gasteiger partial charge in [-0.05, 0) is 32.9 Å². The second-order valence-corrected chi connectivity index (χ2v) is 4.72. The summed E-state index contributed by atoms with van der Waals surface area (Å²) in [6.07, 6.45) is 1.39. The van der Waals surface area contributed by atoms with Crippen molar-refractivity contribution in [3.05, 3.63) is 24.0 Å². The molecule has 0 spiro atoms. The largest absolute Gasteiger partial charge is 0.481 e. The van der Waals surface area contributed by atoms with Crippen LogP contribution in [0.3, 0.4) is 0 Å². The molecule has 1 rings (SSSR count). The van der Waals surface area contributed by atoms with Crippen LogP contribution >= 0.6 is 0 Å². The van der Waals surface area contributed by atoms with Gasteiger partial charge >= 0.3 is 12.0 Å². The van der Waals surface area contributed by atoms with Crippen LogP contribution in [0.25, 0.3) is 0 Å². The summed E-state index contributed by atoms with van der Waals surface area (Å²) in [6.45, 7) is 5.14. The lowest BCUT2D eigenvalue weighted by Gasteiger charge is -2.24. The smallest absolute Gasteiger partial charge is 0.319 e. The quantitative estimate of drug-likeness (QED) is 0.760. The molecule has 1 aromatic heterocycles. The predicted molar refractivity (Wildman–Crippen MR) is 67.5 cm³/mol. The van der Waals surface area contributed by atoms with Gasteiger partial charge in [-0.2, -0.15) is 0 Å². The number of aryl methyl sites for hydroxylation is 1. The molecular formula is C12H17N3O3. The van der Waals surface area contributed by atoms with Gasteiger partial charge in [0.25, 0.3) is 0 Å². The first-order valence-electron chi connectivity index (χ1n) is 5.52. The molecule has 18 heavy (non-hydrogen) atoms. The maximum atomic E-state index is 11.7. The molecule has 0 saturated heterocycles. The van der Waals surface area contributed by atoms with Crippen molar-refractivity contribution in [3.8, 4) is 0 Å². The third kappa shape index (κ3) is 4.82. The molecule has 0 fully saturated rings. The number of nitrogens with one attached hydrogen (secondary N) is 2. The van der Waals surface area contributed by atoms with Crippen LogP contribution in [0, 0.1) is 6.92 Å². The van der Waals surface area contributed by atoms with E-state index in [0.29, 0.717) is 5.69 Å². The Hall–Kier alpha value is -2.11. The Morgan fingerprint density at radius 1 is 1.39 bits per heavy atom. The summed E-state index contributed by atoms with van der Waals surface area (Å²) in [7, 11) is 0. The van der Waals surface area contributed by atoms with Crippen molar-refractivity contribution < 1.29 is 14.7 Å². The zero-order valence-corrected chi connectivity index (χ0v) is 10.7. The minimum absolute atomic E-state index is 0.146. The molecule has 0 saturated carbocycles. The van der Waals surface area contributed by atoms with Crippen LogP contribution in [0.1, 0.15) is 26.0 Å². The van der Waals surface area contributed by atoms with Gasteiger partial charge in [0.2, 0.25) is 0 Å². The van der Waals surface area contributed by atoms with Gasteiger partial charge in [-0.3, -0.25) is 9.78 Å². The van der Waals surface area contributed by atoms with Crippen LogP contribution in [0.15, 0.2) is 18.3 Å². The third-order valence-electron chi connectivity index (χ3n) is 2.21. The number of urea groups is 1. The van der Waals surface area contributed by atoms with Gasteiger partial charge in [0.1, 0.15) is 0 Å². The van der Waals surface area contributed by atoms with Gasteiger partial charge in [-0.1, -0.05) is 0 Å². The first kappa shape index (κ1) is 14.0. The Labute approximate surface area is 105 Å². The summed E-state index contributed by atoms with van der Waals surface area (Å²) in [4.78, 5) is 26.3. The number of carboxylic acids is 1. The van der Waals surface area contributed by atoms with E-state index in [1.807, 2.05) is 6.92 Å². The molecule has 98 valence electrons. The van der Waals surface area contributed by atoms with E-state index in [0.717, 1.165) is 5.69 Å². The minimum atomic E-state index is -0.961. The molecule has 0 aliphatic heterocycles. The molecule has 0 radical (unpaired) electrons. The van der Waals surface area contributed by atoms with E-state index in [-0.39, 0.29) is 6.42 Å². The molecule has 0 aliphatic carbocycles. The molecule has 1 aromatic rings. The van der Waals surface area contributed by atoms with Crippen LogP contribution in [0.5, 0.6) is 0 Å². The SMILES string of the molecule is Cc1ccc(NC(=O)NC(C)(C)CC(=O)O)cn1. The molecule has 0 bridgehead atoms. The van der Waals surface area contributed by atoms with E-state index in [1.165, 1.54) is 0 Å². The first-order valence-corrected chi connectivity index (χ1v) is 5.52. The molecule has 6 heteroatoms. The van der Waals surface area contributed by atoms with Gasteiger partial charge in [0.05, 0.1) is 18.3 Å². The number of hydrogen-bond donors (Lipinski definition) is 3. The van der Waals surface area contributed by atoms with Crippen molar-refractivity contribution in [1.82, 2.24) is 10.3 Å². The summed E-state index contributed by atoms with van der Waals surface area (Å²) in [5, 5.41) is 13.9. The fraction of sp³-hybridized carbons (Fsp3) is 0.417. The molecule has 0 aliphatic rings. The fourth-order valence-electron chi connectivity index (χ4n) is 1.43. The lowest BCUT2D eigenvalue weighted by Crippen LogP contribution is -2.46. The lowest BCUT2D eigenvalue weighted by molar-refractivity contribution is -0.138. The molecule has 2 amide bonds.